The molecule has 4 rings (SSSR count). The van der Waals surface area contributed by atoms with Crippen LogP contribution in [0.5, 0.6) is 0 Å². The molecular formula is C30H25ClN4O4S. The van der Waals surface area contributed by atoms with Crippen molar-refractivity contribution in [3.05, 3.63) is 117 Å². The number of para-hydroxylation sites is 2. The Hall–Kier alpha value is -4.52. The lowest BCUT2D eigenvalue weighted by molar-refractivity contribution is -0.114. The fraction of sp³-hybridized carbons (Fsp3) is 0.133. The summed E-state index contributed by atoms with van der Waals surface area (Å²) in [5.74, 6) is -2.19. The first kappa shape index (κ1) is 28.5. The Morgan fingerprint density at radius 1 is 1.00 bits per heavy atom. The number of hydrogen-bond donors (Lipinski definition) is 3. The first-order valence-electron chi connectivity index (χ1n) is 12.2. The van der Waals surface area contributed by atoms with Crippen molar-refractivity contribution in [3.63, 3.8) is 0 Å². The molecule has 0 saturated carbocycles. The highest BCUT2D eigenvalue weighted by atomic mass is 35.5. The third-order valence-corrected chi connectivity index (χ3v) is 7.46. The molecule has 0 unspecified atom stereocenters. The van der Waals surface area contributed by atoms with Crippen LogP contribution in [0, 0.1) is 11.3 Å². The number of anilines is 2. The van der Waals surface area contributed by atoms with Crippen LogP contribution < -0.4 is 16.0 Å². The van der Waals surface area contributed by atoms with Gasteiger partial charge in [0, 0.05) is 22.0 Å². The van der Waals surface area contributed by atoms with Gasteiger partial charge in [0.15, 0.2) is 0 Å². The largest absolute Gasteiger partial charge is 0.465 e. The Balaban J connectivity index is 1.63. The van der Waals surface area contributed by atoms with Gasteiger partial charge in [-0.2, -0.15) is 5.26 Å². The van der Waals surface area contributed by atoms with Crippen molar-refractivity contribution in [1.29, 1.82) is 5.26 Å². The van der Waals surface area contributed by atoms with Crippen LogP contribution in [-0.4, -0.2) is 30.6 Å². The van der Waals surface area contributed by atoms with E-state index in [2.05, 4.69) is 22.0 Å². The summed E-state index contributed by atoms with van der Waals surface area (Å²) in [6.45, 7) is 1.74. The normalized spacial score (nSPS) is 14.6. The van der Waals surface area contributed by atoms with Crippen LogP contribution in [0.25, 0.3) is 0 Å². The number of thioether (sulfide) groups is 1. The summed E-state index contributed by atoms with van der Waals surface area (Å²) in [5.41, 5.74) is 2.86. The second kappa shape index (κ2) is 13.0. The molecule has 0 aliphatic carbocycles. The highest BCUT2D eigenvalue weighted by molar-refractivity contribution is 8.03. The van der Waals surface area contributed by atoms with E-state index in [-0.39, 0.29) is 22.8 Å². The fourth-order valence-corrected chi connectivity index (χ4v) is 5.41. The van der Waals surface area contributed by atoms with Gasteiger partial charge in [0.05, 0.1) is 46.7 Å². The van der Waals surface area contributed by atoms with E-state index in [0.29, 0.717) is 38.3 Å². The van der Waals surface area contributed by atoms with Crippen molar-refractivity contribution >= 4 is 52.5 Å². The molecule has 40 heavy (non-hydrogen) atoms. The van der Waals surface area contributed by atoms with E-state index in [1.807, 2.05) is 18.2 Å². The monoisotopic (exact) mass is 572 g/mol. The molecule has 3 N–H and O–H groups in total. The van der Waals surface area contributed by atoms with E-state index in [1.165, 1.54) is 7.11 Å². The lowest BCUT2D eigenvalue weighted by atomic mass is 9.82. The quantitative estimate of drug-likeness (QED) is 0.290. The van der Waals surface area contributed by atoms with Crippen LogP contribution in [0.4, 0.5) is 11.4 Å². The third kappa shape index (κ3) is 6.37. The van der Waals surface area contributed by atoms with Crippen LogP contribution in [0.1, 0.15) is 28.8 Å². The minimum atomic E-state index is -0.769. The van der Waals surface area contributed by atoms with Gasteiger partial charge in [0.2, 0.25) is 5.91 Å². The summed E-state index contributed by atoms with van der Waals surface area (Å²) in [5, 5.41) is 19.9. The summed E-state index contributed by atoms with van der Waals surface area (Å²) < 4.78 is 4.79. The molecule has 0 spiro atoms. The standard InChI is InChI=1S/C30H25ClN4O4S/c1-18-26(28(37)34-19-10-4-3-5-11-19)27(20-12-6-8-14-23(20)31)22(16-32)29(33-18)40-17-25(36)35-24-15-9-7-13-21(24)30(38)39-2/h3-15,27,33H,17H2,1-2H3,(H,34,37)(H,35,36)/t27-/m1/s1. The molecule has 0 fully saturated rings. The molecule has 1 aliphatic rings. The number of carbonyl (C=O) groups excluding carboxylic acids is 3. The summed E-state index contributed by atoms with van der Waals surface area (Å²) in [4.78, 5) is 38.4. The van der Waals surface area contributed by atoms with E-state index in [9.17, 15) is 19.6 Å². The molecule has 0 aromatic heterocycles. The van der Waals surface area contributed by atoms with Gasteiger partial charge in [0.1, 0.15) is 0 Å². The zero-order chi connectivity index (χ0) is 28.6. The molecule has 1 heterocycles. The number of nitrogens with one attached hydrogen (secondary N) is 3. The number of nitrogens with zero attached hydrogens (tertiary/aromatic N) is 1. The predicted molar refractivity (Wildman–Crippen MR) is 157 cm³/mol. The Morgan fingerprint density at radius 2 is 1.68 bits per heavy atom. The van der Waals surface area contributed by atoms with E-state index < -0.39 is 17.8 Å². The Labute approximate surface area is 241 Å². The molecule has 10 heteroatoms. The third-order valence-electron chi connectivity index (χ3n) is 6.09. The van der Waals surface area contributed by atoms with Gasteiger partial charge >= 0.3 is 5.97 Å². The van der Waals surface area contributed by atoms with Crippen molar-refractivity contribution in [1.82, 2.24) is 5.32 Å². The molecule has 2 amide bonds. The molecule has 3 aromatic rings. The number of halogens is 1. The molecule has 1 aliphatic heterocycles. The van der Waals surface area contributed by atoms with Crippen molar-refractivity contribution in [2.75, 3.05) is 23.5 Å². The number of allylic oxidation sites excluding steroid dienone is 2. The lowest BCUT2D eigenvalue weighted by Gasteiger charge is -2.30. The van der Waals surface area contributed by atoms with Gasteiger partial charge in [0.25, 0.3) is 5.91 Å². The van der Waals surface area contributed by atoms with Crippen LogP contribution in [0.2, 0.25) is 5.02 Å². The molecule has 1 atom stereocenters. The minimum Gasteiger partial charge on any atom is -0.465 e. The maximum absolute atomic E-state index is 13.5. The minimum absolute atomic E-state index is 0.0723. The van der Waals surface area contributed by atoms with Gasteiger partial charge in [-0.3, -0.25) is 9.59 Å². The second-order valence-electron chi connectivity index (χ2n) is 8.67. The number of hydrogen-bond acceptors (Lipinski definition) is 7. The molecule has 3 aromatic carbocycles. The average molecular weight is 573 g/mol. The van der Waals surface area contributed by atoms with Crippen LogP contribution >= 0.6 is 23.4 Å². The average Bonchev–Trinajstić information content (AvgIpc) is 2.96. The zero-order valence-electron chi connectivity index (χ0n) is 21.7. The van der Waals surface area contributed by atoms with E-state index in [0.717, 1.165) is 11.8 Å². The van der Waals surface area contributed by atoms with Crippen molar-refractivity contribution in [2.24, 2.45) is 0 Å². The molecule has 202 valence electrons. The predicted octanol–water partition coefficient (Wildman–Crippen LogP) is 5.83. The summed E-state index contributed by atoms with van der Waals surface area (Å²) in [7, 11) is 1.26. The molecule has 8 nitrogen and oxygen atoms in total. The lowest BCUT2D eigenvalue weighted by Crippen LogP contribution is -2.31. The molecule has 0 radical (unpaired) electrons. The van der Waals surface area contributed by atoms with Crippen molar-refractivity contribution in [2.45, 2.75) is 12.8 Å². The van der Waals surface area contributed by atoms with E-state index in [1.54, 1.807) is 67.6 Å². The summed E-state index contributed by atoms with van der Waals surface area (Å²) in [6, 6.07) is 24.8. The number of carbonyl (C=O) groups is 3. The zero-order valence-corrected chi connectivity index (χ0v) is 23.2. The van der Waals surface area contributed by atoms with Gasteiger partial charge in [-0.25, -0.2) is 4.79 Å². The Bertz CT molecular complexity index is 1560. The number of benzene rings is 3. The number of dihydropyridines is 1. The Kier molecular flexibility index (Phi) is 9.27. The first-order valence-corrected chi connectivity index (χ1v) is 13.5. The summed E-state index contributed by atoms with van der Waals surface area (Å²) >= 11 is 7.67. The smallest absolute Gasteiger partial charge is 0.339 e. The second-order valence-corrected chi connectivity index (χ2v) is 10.1. The molecule has 0 bridgehead atoms. The molecular weight excluding hydrogens is 548 g/mol. The van der Waals surface area contributed by atoms with E-state index >= 15 is 0 Å². The number of nitriles is 1. The maximum Gasteiger partial charge on any atom is 0.339 e. The number of ether oxygens (including phenoxy) is 1. The van der Waals surface area contributed by atoms with Gasteiger partial charge in [-0.15, -0.1) is 0 Å². The Morgan fingerprint density at radius 3 is 2.38 bits per heavy atom. The number of methoxy groups -OCH3 is 1. The van der Waals surface area contributed by atoms with Gasteiger partial charge < -0.3 is 20.7 Å². The number of rotatable bonds is 8. The van der Waals surface area contributed by atoms with Crippen molar-refractivity contribution < 1.29 is 19.1 Å². The highest BCUT2D eigenvalue weighted by Gasteiger charge is 2.36. The topological polar surface area (TPSA) is 120 Å². The van der Waals surface area contributed by atoms with Gasteiger partial charge in [-0.05, 0) is 42.8 Å². The number of esters is 1. The highest BCUT2D eigenvalue weighted by Crippen LogP contribution is 2.43. The van der Waals surface area contributed by atoms with Gasteiger partial charge in [-0.1, -0.05) is 71.9 Å². The first-order chi connectivity index (χ1) is 19.3. The SMILES string of the molecule is COC(=O)c1ccccc1NC(=O)CSC1=C(C#N)[C@@H](c2ccccc2Cl)C(C(=O)Nc2ccccc2)=C(C)N1. The van der Waals surface area contributed by atoms with Crippen molar-refractivity contribution in [3.8, 4) is 6.07 Å². The van der Waals surface area contributed by atoms with Crippen LogP contribution in [-0.2, 0) is 14.3 Å². The summed E-state index contributed by atoms with van der Waals surface area (Å²) in [6.07, 6.45) is 0. The van der Waals surface area contributed by atoms with Crippen LogP contribution in [0.3, 0.4) is 0 Å². The number of amides is 2. The maximum atomic E-state index is 13.5. The van der Waals surface area contributed by atoms with Crippen LogP contribution in [0.15, 0.2) is 101 Å². The van der Waals surface area contributed by atoms with E-state index in [4.69, 9.17) is 16.3 Å². The molecule has 0 saturated heterocycles. The fourth-order valence-electron chi connectivity index (χ4n) is 4.27.